The van der Waals surface area contributed by atoms with Crippen LogP contribution in [0.3, 0.4) is 0 Å². The zero-order valence-corrected chi connectivity index (χ0v) is 16.1. The monoisotopic (exact) mass is 479 g/mol. The SMILES string of the molecule is COc1cc(NC(C)c2ccc(F)cc2Br)c(Br)cc1Br. The fourth-order valence-corrected chi connectivity index (χ4v) is 3.92. The van der Waals surface area contributed by atoms with E-state index in [9.17, 15) is 4.39 Å². The molecule has 1 unspecified atom stereocenters. The largest absolute Gasteiger partial charge is 0.495 e. The summed E-state index contributed by atoms with van der Waals surface area (Å²) >= 11 is 10.4. The number of methoxy groups -OCH3 is 1. The van der Waals surface area contributed by atoms with Gasteiger partial charge in [0.2, 0.25) is 0 Å². The van der Waals surface area contributed by atoms with Crippen LogP contribution in [0, 0.1) is 5.82 Å². The first-order chi connectivity index (χ1) is 9.92. The molecule has 2 nitrogen and oxygen atoms in total. The molecule has 21 heavy (non-hydrogen) atoms. The summed E-state index contributed by atoms with van der Waals surface area (Å²) in [4.78, 5) is 0. The lowest BCUT2D eigenvalue weighted by molar-refractivity contribution is 0.412. The summed E-state index contributed by atoms with van der Waals surface area (Å²) in [6.45, 7) is 2.01. The van der Waals surface area contributed by atoms with Crippen LogP contribution in [0.5, 0.6) is 5.75 Å². The summed E-state index contributed by atoms with van der Waals surface area (Å²) in [6.07, 6.45) is 0. The Morgan fingerprint density at radius 3 is 2.38 bits per heavy atom. The van der Waals surface area contributed by atoms with Gasteiger partial charge in [-0.3, -0.25) is 0 Å². The summed E-state index contributed by atoms with van der Waals surface area (Å²) in [6, 6.07) is 8.51. The van der Waals surface area contributed by atoms with Crippen LogP contribution < -0.4 is 10.1 Å². The Morgan fingerprint density at radius 1 is 1.05 bits per heavy atom. The molecule has 2 aromatic rings. The van der Waals surface area contributed by atoms with E-state index in [0.717, 1.165) is 30.4 Å². The van der Waals surface area contributed by atoms with Crippen molar-refractivity contribution in [2.45, 2.75) is 13.0 Å². The van der Waals surface area contributed by atoms with Crippen molar-refractivity contribution in [2.24, 2.45) is 0 Å². The van der Waals surface area contributed by atoms with Crippen LogP contribution in [0.15, 0.2) is 43.7 Å². The number of nitrogens with one attached hydrogen (secondary N) is 1. The van der Waals surface area contributed by atoms with Gasteiger partial charge in [-0.25, -0.2) is 4.39 Å². The molecule has 1 atom stereocenters. The second-order valence-electron chi connectivity index (χ2n) is 4.50. The second kappa shape index (κ2) is 7.11. The smallest absolute Gasteiger partial charge is 0.135 e. The van der Waals surface area contributed by atoms with Crippen molar-refractivity contribution in [1.82, 2.24) is 0 Å². The minimum Gasteiger partial charge on any atom is -0.495 e. The van der Waals surface area contributed by atoms with Crippen molar-refractivity contribution in [3.05, 3.63) is 55.1 Å². The van der Waals surface area contributed by atoms with Gasteiger partial charge in [0, 0.05) is 21.1 Å². The number of anilines is 1. The van der Waals surface area contributed by atoms with Crippen LogP contribution >= 0.6 is 47.8 Å². The maximum absolute atomic E-state index is 13.2. The Labute approximate surface area is 148 Å². The predicted octanol–water partition coefficient (Wildman–Crippen LogP) is 6.29. The van der Waals surface area contributed by atoms with Gasteiger partial charge in [0.1, 0.15) is 11.6 Å². The van der Waals surface area contributed by atoms with Gasteiger partial charge in [-0.2, -0.15) is 0 Å². The molecule has 1 N–H and O–H groups in total. The molecule has 0 aromatic heterocycles. The Kier molecular flexibility index (Phi) is 5.68. The minimum absolute atomic E-state index is 0.00200. The van der Waals surface area contributed by atoms with Crippen molar-refractivity contribution in [1.29, 1.82) is 0 Å². The number of halogens is 4. The first-order valence-electron chi connectivity index (χ1n) is 6.17. The summed E-state index contributed by atoms with van der Waals surface area (Å²) in [7, 11) is 1.62. The zero-order chi connectivity index (χ0) is 15.6. The van der Waals surface area contributed by atoms with Crippen LogP contribution in [-0.2, 0) is 0 Å². The van der Waals surface area contributed by atoms with Gasteiger partial charge in [-0.1, -0.05) is 22.0 Å². The number of rotatable bonds is 4. The molecule has 0 saturated heterocycles. The van der Waals surface area contributed by atoms with E-state index in [1.807, 2.05) is 19.1 Å². The van der Waals surface area contributed by atoms with Crippen LogP contribution in [0.2, 0.25) is 0 Å². The van der Waals surface area contributed by atoms with Gasteiger partial charge in [-0.15, -0.1) is 0 Å². The van der Waals surface area contributed by atoms with Crippen LogP contribution in [0.25, 0.3) is 0 Å². The number of hydrogen-bond acceptors (Lipinski definition) is 2. The molecule has 0 bridgehead atoms. The lowest BCUT2D eigenvalue weighted by Crippen LogP contribution is -2.08. The molecular weight excluding hydrogens is 469 g/mol. The highest BCUT2D eigenvalue weighted by Crippen LogP contribution is 2.36. The van der Waals surface area contributed by atoms with Gasteiger partial charge in [-0.05, 0) is 62.5 Å². The van der Waals surface area contributed by atoms with E-state index in [1.54, 1.807) is 13.2 Å². The summed E-state index contributed by atoms with van der Waals surface area (Å²) < 4.78 is 21.0. The van der Waals surface area contributed by atoms with E-state index in [0.29, 0.717) is 0 Å². The van der Waals surface area contributed by atoms with Gasteiger partial charge in [0.15, 0.2) is 0 Å². The van der Waals surface area contributed by atoms with Gasteiger partial charge in [0.05, 0.1) is 17.3 Å². The highest BCUT2D eigenvalue weighted by atomic mass is 79.9. The van der Waals surface area contributed by atoms with E-state index < -0.39 is 0 Å². The predicted molar refractivity (Wildman–Crippen MR) is 94.5 cm³/mol. The van der Waals surface area contributed by atoms with Crippen molar-refractivity contribution < 1.29 is 9.13 Å². The zero-order valence-electron chi connectivity index (χ0n) is 11.4. The molecule has 0 saturated carbocycles. The highest BCUT2D eigenvalue weighted by molar-refractivity contribution is 9.11. The topological polar surface area (TPSA) is 21.3 Å². The standard InChI is InChI=1S/C15H13Br3FNO/c1-8(10-4-3-9(19)5-11(10)16)20-14-7-15(21-2)13(18)6-12(14)17/h3-8,20H,1-2H3. The lowest BCUT2D eigenvalue weighted by atomic mass is 10.1. The third kappa shape index (κ3) is 3.99. The normalized spacial score (nSPS) is 12.1. The molecule has 0 aliphatic carbocycles. The van der Waals surface area contributed by atoms with Crippen LogP contribution in [0.1, 0.15) is 18.5 Å². The number of hydrogen-bond donors (Lipinski definition) is 1. The molecule has 0 aliphatic rings. The maximum atomic E-state index is 13.2. The average Bonchev–Trinajstić information content (AvgIpc) is 2.41. The van der Waals surface area contributed by atoms with Crippen molar-refractivity contribution >= 4 is 53.5 Å². The molecule has 0 amide bonds. The van der Waals surface area contributed by atoms with Gasteiger partial charge >= 0.3 is 0 Å². The molecule has 2 aromatic carbocycles. The quantitative estimate of drug-likeness (QED) is 0.553. The number of ether oxygens (including phenoxy) is 1. The minimum atomic E-state index is -0.260. The van der Waals surface area contributed by atoms with Gasteiger partial charge in [0.25, 0.3) is 0 Å². The Balaban J connectivity index is 2.29. The third-order valence-electron chi connectivity index (χ3n) is 3.04. The molecule has 0 radical (unpaired) electrons. The highest BCUT2D eigenvalue weighted by Gasteiger charge is 2.13. The second-order valence-corrected chi connectivity index (χ2v) is 7.06. The summed E-state index contributed by atoms with van der Waals surface area (Å²) in [5.74, 6) is 0.482. The van der Waals surface area contributed by atoms with Crippen molar-refractivity contribution in [2.75, 3.05) is 12.4 Å². The molecule has 0 heterocycles. The van der Waals surface area contributed by atoms with E-state index in [-0.39, 0.29) is 11.9 Å². The van der Waals surface area contributed by atoms with E-state index in [4.69, 9.17) is 4.74 Å². The average molecular weight is 482 g/mol. The first kappa shape index (κ1) is 16.8. The fraction of sp³-hybridized carbons (Fsp3) is 0.200. The summed E-state index contributed by atoms with van der Waals surface area (Å²) in [5.41, 5.74) is 1.88. The maximum Gasteiger partial charge on any atom is 0.135 e. The third-order valence-corrected chi connectivity index (χ3v) is 5.01. The van der Waals surface area contributed by atoms with Crippen LogP contribution in [-0.4, -0.2) is 7.11 Å². The molecular formula is C15H13Br3FNO. The van der Waals surface area contributed by atoms with E-state index in [2.05, 4.69) is 53.1 Å². The molecule has 0 spiro atoms. The molecule has 2 rings (SSSR count). The van der Waals surface area contributed by atoms with Gasteiger partial charge < -0.3 is 10.1 Å². The summed E-state index contributed by atoms with van der Waals surface area (Å²) in [5, 5.41) is 3.39. The molecule has 112 valence electrons. The molecule has 0 fully saturated rings. The van der Waals surface area contributed by atoms with E-state index in [1.165, 1.54) is 12.1 Å². The van der Waals surface area contributed by atoms with Crippen LogP contribution in [0.4, 0.5) is 10.1 Å². The first-order valence-corrected chi connectivity index (χ1v) is 8.54. The van der Waals surface area contributed by atoms with E-state index >= 15 is 0 Å². The Hall–Kier alpha value is -0.590. The molecule has 6 heteroatoms. The Morgan fingerprint density at radius 2 is 1.76 bits per heavy atom. The Bertz CT molecular complexity index is 664. The number of benzene rings is 2. The van der Waals surface area contributed by atoms with Crippen molar-refractivity contribution in [3.8, 4) is 5.75 Å². The van der Waals surface area contributed by atoms with Crippen molar-refractivity contribution in [3.63, 3.8) is 0 Å². The lowest BCUT2D eigenvalue weighted by Gasteiger charge is -2.19. The fourth-order valence-electron chi connectivity index (χ4n) is 1.96. The molecule has 0 aliphatic heterocycles.